The normalized spacial score (nSPS) is 23.2. The van der Waals surface area contributed by atoms with E-state index in [0.29, 0.717) is 25.6 Å². The molecule has 5 heteroatoms. The molecule has 2 unspecified atom stereocenters. The van der Waals surface area contributed by atoms with Crippen LogP contribution in [0.4, 0.5) is 0 Å². The van der Waals surface area contributed by atoms with Crippen LogP contribution in [0.2, 0.25) is 0 Å². The number of carbonyl (C=O) groups excluding carboxylic acids is 1. The van der Waals surface area contributed by atoms with Gasteiger partial charge in [0, 0.05) is 13.1 Å². The van der Waals surface area contributed by atoms with Gasteiger partial charge in [0.2, 0.25) is 5.91 Å². The lowest BCUT2D eigenvalue weighted by Gasteiger charge is -2.35. The zero-order valence-electron chi connectivity index (χ0n) is 9.97. The number of rotatable bonds is 3. The van der Waals surface area contributed by atoms with Gasteiger partial charge < -0.3 is 14.7 Å². The summed E-state index contributed by atoms with van der Waals surface area (Å²) in [5.74, 6) is -2.03. The summed E-state index contributed by atoms with van der Waals surface area (Å²) >= 11 is 0. The Morgan fingerprint density at radius 1 is 1.38 bits per heavy atom. The Morgan fingerprint density at radius 2 is 2.00 bits per heavy atom. The molecule has 0 aromatic carbocycles. The summed E-state index contributed by atoms with van der Waals surface area (Å²) in [6.07, 6.45) is 0.0127. The van der Waals surface area contributed by atoms with E-state index in [9.17, 15) is 9.59 Å². The molecule has 0 spiro atoms. The first kappa shape index (κ1) is 13.0. The van der Waals surface area contributed by atoms with Crippen LogP contribution in [0.25, 0.3) is 0 Å². The minimum atomic E-state index is -1.07. The molecule has 0 radical (unpaired) electrons. The number of nitrogens with zero attached hydrogens (tertiary/aromatic N) is 1. The molecule has 1 heterocycles. The van der Waals surface area contributed by atoms with Crippen LogP contribution in [0.1, 0.15) is 20.8 Å². The molecule has 1 aliphatic heterocycles. The van der Waals surface area contributed by atoms with Gasteiger partial charge in [0.05, 0.1) is 12.7 Å². The van der Waals surface area contributed by atoms with Gasteiger partial charge in [-0.1, -0.05) is 13.8 Å². The molecule has 0 saturated carbocycles. The molecule has 16 heavy (non-hydrogen) atoms. The third-order valence-corrected chi connectivity index (χ3v) is 2.89. The number of hydrogen-bond donors (Lipinski definition) is 1. The second-order valence-corrected chi connectivity index (χ2v) is 4.50. The number of carbonyl (C=O) groups is 2. The number of carboxylic acids is 1. The van der Waals surface area contributed by atoms with Crippen LogP contribution in [-0.2, 0) is 14.3 Å². The maximum Gasteiger partial charge on any atom is 0.315 e. The summed E-state index contributed by atoms with van der Waals surface area (Å²) < 4.78 is 5.52. The van der Waals surface area contributed by atoms with Gasteiger partial charge in [-0.05, 0) is 12.8 Å². The number of hydrogen-bond acceptors (Lipinski definition) is 3. The highest BCUT2D eigenvalue weighted by molar-refractivity contribution is 5.96. The van der Waals surface area contributed by atoms with Crippen molar-refractivity contribution in [2.24, 2.45) is 11.8 Å². The van der Waals surface area contributed by atoms with Crippen LogP contribution in [0.15, 0.2) is 0 Å². The quantitative estimate of drug-likeness (QED) is 0.719. The topological polar surface area (TPSA) is 66.8 Å². The van der Waals surface area contributed by atoms with E-state index in [1.807, 2.05) is 13.8 Å². The monoisotopic (exact) mass is 229 g/mol. The molecule has 0 aromatic rings. The van der Waals surface area contributed by atoms with Gasteiger partial charge in [0.25, 0.3) is 0 Å². The minimum absolute atomic E-state index is 0.0127. The molecule has 1 saturated heterocycles. The SMILES string of the molecule is CC(C(=O)O)C(=O)N1CCOC(C(C)C)C1. The highest BCUT2D eigenvalue weighted by atomic mass is 16.5. The Bertz CT molecular complexity index is 277. The molecule has 1 rings (SSSR count). The van der Waals surface area contributed by atoms with E-state index in [4.69, 9.17) is 9.84 Å². The van der Waals surface area contributed by atoms with Crippen molar-refractivity contribution in [3.8, 4) is 0 Å². The van der Waals surface area contributed by atoms with Crippen LogP contribution in [0.3, 0.4) is 0 Å². The largest absolute Gasteiger partial charge is 0.481 e. The molecule has 92 valence electrons. The van der Waals surface area contributed by atoms with Gasteiger partial charge in [0.15, 0.2) is 0 Å². The minimum Gasteiger partial charge on any atom is -0.481 e. The highest BCUT2D eigenvalue weighted by Gasteiger charge is 2.31. The zero-order valence-corrected chi connectivity index (χ0v) is 9.97. The molecule has 2 atom stereocenters. The number of amides is 1. The number of ether oxygens (including phenoxy) is 1. The van der Waals surface area contributed by atoms with Crippen LogP contribution >= 0.6 is 0 Å². The second-order valence-electron chi connectivity index (χ2n) is 4.50. The van der Waals surface area contributed by atoms with E-state index < -0.39 is 11.9 Å². The Morgan fingerprint density at radius 3 is 2.50 bits per heavy atom. The van der Waals surface area contributed by atoms with Crippen molar-refractivity contribution >= 4 is 11.9 Å². The lowest BCUT2D eigenvalue weighted by molar-refractivity contribution is -0.154. The molecule has 1 N–H and O–H groups in total. The molecule has 0 aliphatic carbocycles. The standard InChI is InChI=1S/C11H19NO4/c1-7(2)9-6-12(4-5-16-9)10(13)8(3)11(14)15/h7-9H,4-6H2,1-3H3,(H,14,15). The molecular formula is C11H19NO4. The van der Waals surface area contributed by atoms with E-state index in [-0.39, 0.29) is 12.0 Å². The summed E-state index contributed by atoms with van der Waals surface area (Å²) in [6.45, 7) is 6.94. The van der Waals surface area contributed by atoms with E-state index >= 15 is 0 Å². The van der Waals surface area contributed by atoms with Crippen molar-refractivity contribution in [1.29, 1.82) is 0 Å². The van der Waals surface area contributed by atoms with Crippen LogP contribution in [0, 0.1) is 11.8 Å². The Hall–Kier alpha value is -1.10. The van der Waals surface area contributed by atoms with Gasteiger partial charge in [-0.2, -0.15) is 0 Å². The summed E-state index contributed by atoms with van der Waals surface area (Å²) in [5, 5.41) is 8.78. The highest BCUT2D eigenvalue weighted by Crippen LogP contribution is 2.15. The molecule has 1 amide bonds. The van der Waals surface area contributed by atoms with Crippen LogP contribution in [-0.4, -0.2) is 47.7 Å². The first-order chi connectivity index (χ1) is 7.43. The Balaban J connectivity index is 2.60. The first-order valence-corrected chi connectivity index (χ1v) is 5.56. The van der Waals surface area contributed by atoms with Crippen LogP contribution in [0.5, 0.6) is 0 Å². The van der Waals surface area contributed by atoms with Gasteiger partial charge in [-0.15, -0.1) is 0 Å². The number of morpholine rings is 1. The maximum atomic E-state index is 11.8. The smallest absolute Gasteiger partial charge is 0.315 e. The molecule has 1 fully saturated rings. The molecule has 5 nitrogen and oxygen atoms in total. The third-order valence-electron chi connectivity index (χ3n) is 2.89. The predicted octanol–water partition coefficient (Wildman–Crippen LogP) is 0.590. The third kappa shape index (κ3) is 2.95. The molecular weight excluding hydrogens is 210 g/mol. The average molecular weight is 229 g/mol. The van der Waals surface area contributed by atoms with Crippen molar-refractivity contribution in [3.63, 3.8) is 0 Å². The maximum absolute atomic E-state index is 11.8. The van der Waals surface area contributed by atoms with Crippen LogP contribution < -0.4 is 0 Å². The van der Waals surface area contributed by atoms with Crippen molar-refractivity contribution < 1.29 is 19.4 Å². The van der Waals surface area contributed by atoms with E-state index in [1.54, 1.807) is 4.90 Å². The average Bonchev–Trinajstić information content (AvgIpc) is 2.27. The first-order valence-electron chi connectivity index (χ1n) is 5.56. The Labute approximate surface area is 95.4 Å². The fourth-order valence-corrected chi connectivity index (χ4v) is 1.66. The summed E-state index contributed by atoms with van der Waals surface area (Å²) in [6, 6.07) is 0. The van der Waals surface area contributed by atoms with Gasteiger partial charge in [-0.25, -0.2) is 0 Å². The zero-order chi connectivity index (χ0) is 12.3. The molecule has 0 aromatic heterocycles. The van der Waals surface area contributed by atoms with Crippen molar-refractivity contribution in [2.45, 2.75) is 26.9 Å². The van der Waals surface area contributed by atoms with Crippen molar-refractivity contribution in [1.82, 2.24) is 4.90 Å². The van der Waals surface area contributed by atoms with E-state index in [0.717, 1.165) is 0 Å². The lowest BCUT2D eigenvalue weighted by Crippen LogP contribution is -2.49. The fourth-order valence-electron chi connectivity index (χ4n) is 1.66. The Kier molecular flexibility index (Phi) is 4.29. The summed E-state index contributed by atoms with van der Waals surface area (Å²) in [5.41, 5.74) is 0. The van der Waals surface area contributed by atoms with Crippen molar-refractivity contribution in [2.75, 3.05) is 19.7 Å². The van der Waals surface area contributed by atoms with E-state index in [1.165, 1.54) is 6.92 Å². The number of aliphatic carboxylic acids is 1. The number of carboxylic acid groups (broad SMARTS) is 1. The van der Waals surface area contributed by atoms with Gasteiger partial charge >= 0.3 is 5.97 Å². The summed E-state index contributed by atoms with van der Waals surface area (Å²) in [4.78, 5) is 24.1. The molecule has 0 bridgehead atoms. The van der Waals surface area contributed by atoms with E-state index in [2.05, 4.69) is 0 Å². The van der Waals surface area contributed by atoms with Crippen molar-refractivity contribution in [3.05, 3.63) is 0 Å². The van der Waals surface area contributed by atoms with Gasteiger partial charge in [-0.3, -0.25) is 9.59 Å². The molecule has 1 aliphatic rings. The second kappa shape index (κ2) is 5.30. The fraction of sp³-hybridized carbons (Fsp3) is 0.818. The lowest BCUT2D eigenvalue weighted by atomic mass is 10.0. The van der Waals surface area contributed by atoms with Gasteiger partial charge in [0.1, 0.15) is 5.92 Å². The summed E-state index contributed by atoms with van der Waals surface area (Å²) in [7, 11) is 0. The predicted molar refractivity (Wildman–Crippen MR) is 58.0 cm³/mol.